The van der Waals surface area contributed by atoms with Gasteiger partial charge in [0.05, 0.1) is 23.4 Å². The fourth-order valence-electron chi connectivity index (χ4n) is 7.73. The highest BCUT2D eigenvalue weighted by Crippen LogP contribution is 2.42. The molecular weight excluding hydrogens is 557 g/mol. The van der Waals surface area contributed by atoms with Crippen molar-refractivity contribution in [2.45, 2.75) is 82.7 Å². The molecule has 0 unspecified atom stereocenters. The lowest BCUT2D eigenvalue weighted by Crippen LogP contribution is -2.50. The van der Waals surface area contributed by atoms with Gasteiger partial charge in [0.2, 0.25) is 11.8 Å². The predicted octanol–water partition coefficient (Wildman–Crippen LogP) is 5.48. The number of anilines is 2. The van der Waals surface area contributed by atoms with Crippen LogP contribution in [0.4, 0.5) is 20.0 Å². The molecule has 1 aromatic heterocycles. The molecule has 0 radical (unpaired) electrons. The first-order valence-electron chi connectivity index (χ1n) is 15.7. The fourth-order valence-corrected chi connectivity index (χ4v) is 8.76. The summed E-state index contributed by atoms with van der Waals surface area (Å²) in [6.07, 6.45) is 9.83. The van der Waals surface area contributed by atoms with Gasteiger partial charge in [0, 0.05) is 24.2 Å². The van der Waals surface area contributed by atoms with Crippen LogP contribution in [-0.2, 0) is 14.3 Å². The Morgan fingerprint density at radius 2 is 1.88 bits per heavy atom. The second-order valence-corrected chi connectivity index (χ2v) is 13.5. The van der Waals surface area contributed by atoms with Gasteiger partial charge in [-0.05, 0) is 74.5 Å². The van der Waals surface area contributed by atoms with Gasteiger partial charge in [-0.1, -0.05) is 43.4 Å². The Balaban J connectivity index is 1.18. The molecule has 1 aromatic carbocycles. The lowest BCUT2D eigenvalue weighted by atomic mass is 9.76. The van der Waals surface area contributed by atoms with E-state index in [1.54, 1.807) is 0 Å². The number of ether oxygens (including phenoxy) is 1. The number of alkyl halides is 1. The Hall–Kier alpha value is -2.79. The first kappa shape index (κ1) is 29.3. The number of thiazole rings is 1. The number of hydrogen-bond acceptors (Lipinski definition) is 7. The van der Waals surface area contributed by atoms with Crippen molar-refractivity contribution in [3.8, 4) is 0 Å². The van der Waals surface area contributed by atoms with Gasteiger partial charge in [-0.25, -0.2) is 14.7 Å². The third-order valence-corrected chi connectivity index (χ3v) is 11.1. The van der Waals surface area contributed by atoms with Crippen LogP contribution >= 0.6 is 11.3 Å². The second kappa shape index (κ2) is 12.8. The average molecular weight is 600 g/mol. The van der Waals surface area contributed by atoms with E-state index in [0.717, 1.165) is 55.2 Å². The van der Waals surface area contributed by atoms with Crippen LogP contribution < -0.4 is 16.0 Å². The van der Waals surface area contributed by atoms with E-state index in [1.807, 2.05) is 23.1 Å². The number of halogens is 1. The van der Waals surface area contributed by atoms with E-state index < -0.39 is 18.8 Å². The molecule has 2 aliphatic heterocycles. The summed E-state index contributed by atoms with van der Waals surface area (Å²) >= 11 is 1.39. The van der Waals surface area contributed by atoms with Crippen molar-refractivity contribution in [1.82, 2.24) is 9.88 Å². The Kier molecular flexibility index (Phi) is 8.95. The molecule has 2 aromatic rings. The van der Waals surface area contributed by atoms with Crippen molar-refractivity contribution in [2.24, 2.45) is 29.4 Å². The van der Waals surface area contributed by atoms with Gasteiger partial charge < -0.3 is 20.7 Å². The summed E-state index contributed by atoms with van der Waals surface area (Å²) in [6.45, 7) is 1.03. The standard InChI is InChI=1S/C31H42FN5O4S/c32-14-12-24(33)20-6-8-21(9-7-20)29(39)36-15-13-23(19-4-2-1-3-5-19)27(36)28(38)34-22-10-11-25-26(18-22)42-30(35-25)37-16-17-41-31(37)40/h10-11,18-21,23-24,27H,1-9,12-17,33H2,(H,34,38)/t20?,21?,23-,24+,27-/m0/s1. The van der Waals surface area contributed by atoms with E-state index in [1.165, 1.54) is 35.5 Å². The number of cyclic esters (lactones) is 1. The molecule has 2 saturated carbocycles. The molecule has 228 valence electrons. The van der Waals surface area contributed by atoms with Gasteiger partial charge in [0.25, 0.3) is 0 Å². The number of hydrogen-bond donors (Lipinski definition) is 2. The van der Waals surface area contributed by atoms with Crippen molar-refractivity contribution in [3.05, 3.63) is 18.2 Å². The topological polar surface area (TPSA) is 118 Å². The third kappa shape index (κ3) is 6.00. The molecule has 4 fully saturated rings. The minimum atomic E-state index is -0.487. The molecule has 3 atom stereocenters. The minimum absolute atomic E-state index is 0.0889. The summed E-state index contributed by atoms with van der Waals surface area (Å²) in [7, 11) is 0. The number of amides is 3. The summed E-state index contributed by atoms with van der Waals surface area (Å²) in [5.74, 6) is 0.726. The maximum absolute atomic E-state index is 14.0. The van der Waals surface area contributed by atoms with Crippen molar-refractivity contribution in [3.63, 3.8) is 0 Å². The summed E-state index contributed by atoms with van der Waals surface area (Å²) < 4.78 is 18.8. The average Bonchev–Trinajstić information content (AvgIpc) is 3.75. The van der Waals surface area contributed by atoms with E-state index in [0.29, 0.717) is 42.9 Å². The van der Waals surface area contributed by atoms with Crippen LogP contribution in [0.25, 0.3) is 10.2 Å². The monoisotopic (exact) mass is 599 g/mol. The maximum atomic E-state index is 14.0. The normalized spacial score (nSPS) is 27.8. The fraction of sp³-hybridized carbons (Fsp3) is 0.677. The number of nitrogens with one attached hydrogen (secondary N) is 1. The number of nitrogens with zero attached hydrogens (tertiary/aromatic N) is 3. The summed E-state index contributed by atoms with van der Waals surface area (Å²) in [6, 6.07) is 4.95. The van der Waals surface area contributed by atoms with Gasteiger partial charge >= 0.3 is 6.09 Å². The van der Waals surface area contributed by atoms with Crippen molar-refractivity contribution < 1.29 is 23.5 Å². The van der Waals surface area contributed by atoms with Crippen molar-refractivity contribution in [1.29, 1.82) is 0 Å². The van der Waals surface area contributed by atoms with Gasteiger partial charge in [0.1, 0.15) is 12.6 Å². The zero-order valence-corrected chi connectivity index (χ0v) is 25.0. The number of aromatic nitrogens is 1. The smallest absolute Gasteiger partial charge is 0.416 e. The highest BCUT2D eigenvalue weighted by Gasteiger charge is 2.47. The van der Waals surface area contributed by atoms with E-state index >= 15 is 0 Å². The molecule has 9 nitrogen and oxygen atoms in total. The Morgan fingerprint density at radius 3 is 2.60 bits per heavy atom. The van der Waals surface area contributed by atoms with E-state index in [4.69, 9.17) is 10.5 Å². The van der Waals surface area contributed by atoms with Crippen LogP contribution in [0, 0.1) is 23.7 Å². The van der Waals surface area contributed by atoms with Gasteiger partial charge in [-0.15, -0.1) is 0 Å². The van der Waals surface area contributed by atoms with Gasteiger partial charge in [-0.2, -0.15) is 0 Å². The Morgan fingerprint density at radius 1 is 1.10 bits per heavy atom. The molecule has 3 amide bonds. The van der Waals surface area contributed by atoms with Crippen LogP contribution in [0.3, 0.4) is 0 Å². The second-order valence-electron chi connectivity index (χ2n) is 12.5. The molecular formula is C31H42FN5O4S. The molecule has 0 spiro atoms. The first-order chi connectivity index (χ1) is 20.4. The molecule has 3 N–H and O–H groups in total. The number of nitrogens with two attached hydrogens (primary N) is 1. The number of carbonyl (C=O) groups excluding carboxylic acids is 3. The SMILES string of the molecule is N[C@H](CCF)C1CCC(C(=O)N2CC[C@@H](C3CCCCC3)[C@H]2C(=O)Nc2ccc3nc(N4CCOC4=O)sc3c2)CC1. The summed E-state index contributed by atoms with van der Waals surface area (Å²) in [4.78, 5) is 48.0. The molecule has 2 aliphatic carbocycles. The Labute approximate surface area is 250 Å². The lowest BCUT2D eigenvalue weighted by molar-refractivity contribution is -0.142. The highest BCUT2D eigenvalue weighted by molar-refractivity contribution is 7.22. The summed E-state index contributed by atoms with van der Waals surface area (Å²) in [5.41, 5.74) is 7.62. The molecule has 6 rings (SSSR count). The van der Waals surface area contributed by atoms with Crippen LogP contribution in [0.2, 0.25) is 0 Å². The van der Waals surface area contributed by atoms with E-state index in [-0.39, 0.29) is 35.6 Å². The maximum Gasteiger partial charge on any atom is 0.416 e. The quantitative estimate of drug-likeness (QED) is 0.415. The van der Waals surface area contributed by atoms with Gasteiger partial charge in [-0.3, -0.25) is 14.0 Å². The van der Waals surface area contributed by atoms with Crippen LogP contribution in [0.15, 0.2) is 18.2 Å². The number of carbonyl (C=O) groups is 3. The highest BCUT2D eigenvalue weighted by atomic mass is 32.1. The molecule has 3 heterocycles. The largest absolute Gasteiger partial charge is 0.447 e. The minimum Gasteiger partial charge on any atom is -0.447 e. The molecule has 42 heavy (non-hydrogen) atoms. The number of rotatable bonds is 8. The lowest BCUT2D eigenvalue weighted by Gasteiger charge is -2.37. The molecule has 2 saturated heterocycles. The molecule has 11 heteroatoms. The summed E-state index contributed by atoms with van der Waals surface area (Å²) in [5, 5.41) is 3.73. The first-order valence-corrected chi connectivity index (χ1v) is 16.5. The zero-order chi connectivity index (χ0) is 29.2. The van der Waals surface area contributed by atoms with Crippen LogP contribution in [0.5, 0.6) is 0 Å². The van der Waals surface area contributed by atoms with Gasteiger partial charge in [0.15, 0.2) is 5.13 Å². The number of fused-ring (bicyclic) bond motifs is 1. The van der Waals surface area contributed by atoms with E-state index in [2.05, 4.69) is 10.3 Å². The van der Waals surface area contributed by atoms with Crippen molar-refractivity contribution in [2.75, 3.05) is 36.6 Å². The van der Waals surface area contributed by atoms with Crippen molar-refractivity contribution >= 4 is 50.3 Å². The molecule has 4 aliphatic rings. The molecule has 0 bridgehead atoms. The third-order valence-electron chi connectivity index (χ3n) is 10.1. The van der Waals surface area contributed by atoms with E-state index in [9.17, 15) is 18.8 Å². The van der Waals surface area contributed by atoms with Crippen LogP contribution in [-0.4, -0.2) is 66.2 Å². The van der Waals surface area contributed by atoms with Crippen LogP contribution in [0.1, 0.15) is 70.6 Å². The predicted molar refractivity (Wildman–Crippen MR) is 161 cm³/mol. The number of benzene rings is 1. The zero-order valence-electron chi connectivity index (χ0n) is 24.1. The number of likely N-dealkylation sites (tertiary alicyclic amines) is 1. The Bertz CT molecular complexity index is 1290.